The lowest BCUT2D eigenvalue weighted by Crippen LogP contribution is -2.27. The Bertz CT molecular complexity index is 354. The van der Waals surface area contributed by atoms with Gasteiger partial charge in [-0.2, -0.15) is 0 Å². The van der Waals surface area contributed by atoms with Gasteiger partial charge in [-0.05, 0) is 56.0 Å². The van der Waals surface area contributed by atoms with Crippen molar-refractivity contribution >= 4 is 12.4 Å². The molecule has 18 heavy (non-hydrogen) atoms. The number of benzene rings is 1. The van der Waals surface area contributed by atoms with Gasteiger partial charge in [0.05, 0.1) is 7.11 Å². The molecule has 2 atom stereocenters. The van der Waals surface area contributed by atoms with Gasteiger partial charge < -0.3 is 10.1 Å². The Morgan fingerprint density at radius 2 is 2.06 bits per heavy atom. The number of halogens is 1. The van der Waals surface area contributed by atoms with Gasteiger partial charge in [-0.3, -0.25) is 0 Å². The minimum atomic E-state index is 0. The molecule has 0 saturated heterocycles. The highest BCUT2D eigenvalue weighted by molar-refractivity contribution is 5.85. The molecule has 0 spiro atoms. The molecular formula is C15H24ClNO. The van der Waals surface area contributed by atoms with Crippen LogP contribution >= 0.6 is 12.4 Å². The lowest BCUT2D eigenvalue weighted by molar-refractivity contribution is 0.300. The van der Waals surface area contributed by atoms with Crippen molar-refractivity contribution in [3.05, 3.63) is 29.8 Å². The molecule has 3 heteroatoms. The SMILES string of the molecule is CNC[C@@H]1CCCC[C@H]1c1cccc(OC)c1.Cl. The molecule has 0 amide bonds. The summed E-state index contributed by atoms with van der Waals surface area (Å²) < 4.78 is 5.33. The zero-order valence-electron chi connectivity index (χ0n) is 11.3. The fourth-order valence-corrected chi connectivity index (χ4v) is 3.03. The Kier molecular flexibility index (Phi) is 6.51. The van der Waals surface area contributed by atoms with Gasteiger partial charge in [0.1, 0.15) is 5.75 Å². The van der Waals surface area contributed by atoms with Gasteiger partial charge >= 0.3 is 0 Å². The summed E-state index contributed by atoms with van der Waals surface area (Å²) in [5.41, 5.74) is 1.45. The van der Waals surface area contributed by atoms with Gasteiger partial charge in [0.25, 0.3) is 0 Å². The Morgan fingerprint density at radius 3 is 2.78 bits per heavy atom. The van der Waals surface area contributed by atoms with Crippen molar-refractivity contribution in [1.82, 2.24) is 5.32 Å². The van der Waals surface area contributed by atoms with Gasteiger partial charge in [0.15, 0.2) is 0 Å². The van der Waals surface area contributed by atoms with E-state index < -0.39 is 0 Å². The van der Waals surface area contributed by atoms with E-state index in [4.69, 9.17) is 4.74 Å². The maximum atomic E-state index is 5.33. The third kappa shape index (κ3) is 3.63. The monoisotopic (exact) mass is 269 g/mol. The molecule has 2 rings (SSSR count). The number of nitrogens with one attached hydrogen (secondary N) is 1. The molecule has 1 aromatic carbocycles. The predicted octanol–water partition coefficient (Wildman–Crippen LogP) is 3.61. The van der Waals surface area contributed by atoms with Crippen LogP contribution in [-0.2, 0) is 0 Å². The van der Waals surface area contributed by atoms with Crippen LogP contribution in [0.4, 0.5) is 0 Å². The van der Waals surface area contributed by atoms with E-state index in [0.29, 0.717) is 5.92 Å². The lowest BCUT2D eigenvalue weighted by atomic mass is 9.75. The van der Waals surface area contributed by atoms with Gasteiger partial charge in [0, 0.05) is 0 Å². The first-order valence-electron chi connectivity index (χ1n) is 6.63. The molecule has 2 nitrogen and oxygen atoms in total. The molecular weight excluding hydrogens is 246 g/mol. The zero-order valence-corrected chi connectivity index (χ0v) is 12.1. The predicted molar refractivity (Wildman–Crippen MR) is 78.9 cm³/mol. The van der Waals surface area contributed by atoms with Crippen LogP contribution in [-0.4, -0.2) is 20.7 Å². The van der Waals surface area contributed by atoms with Gasteiger partial charge in [-0.1, -0.05) is 25.0 Å². The van der Waals surface area contributed by atoms with Crippen molar-refractivity contribution in [2.45, 2.75) is 31.6 Å². The van der Waals surface area contributed by atoms with E-state index in [1.807, 2.05) is 6.07 Å². The third-order valence-electron chi connectivity index (χ3n) is 3.90. The highest BCUT2D eigenvalue weighted by Crippen LogP contribution is 2.38. The molecule has 0 aliphatic heterocycles. The molecule has 0 bridgehead atoms. The Morgan fingerprint density at radius 1 is 1.28 bits per heavy atom. The summed E-state index contributed by atoms with van der Waals surface area (Å²) in [6, 6.07) is 8.60. The molecule has 1 aliphatic carbocycles. The summed E-state index contributed by atoms with van der Waals surface area (Å²) in [6.45, 7) is 1.13. The van der Waals surface area contributed by atoms with Crippen LogP contribution in [0.1, 0.15) is 37.2 Å². The Balaban J connectivity index is 0.00000162. The number of methoxy groups -OCH3 is 1. The molecule has 1 aromatic rings. The second-order valence-electron chi connectivity index (χ2n) is 4.99. The highest BCUT2D eigenvalue weighted by Gasteiger charge is 2.25. The van der Waals surface area contributed by atoms with Crippen molar-refractivity contribution in [3.8, 4) is 5.75 Å². The number of ether oxygens (including phenoxy) is 1. The number of rotatable bonds is 4. The summed E-state index contributed by atoms with van der Waals surface area (Å²) in [7, 11) is 3.79. The van der Waals surface area contributed by atoms with Crippen molar-refractivity contribution < 1.29 is 4.74 Å². The average molecular weight is 270 g/mol. The largest absolute Gasteiger partial charge is 0.497 e. The zero-order chi connectivity index (χ0) is 12.1. The molecule has 1 aliphatic rings. The summed E-state index contributed by atoms with van der Waals surface area (Å²) in [5, 5.41) is 3.33. The average Bonchev–Trinajstić information content (AvgIpc) is 2.40. The minimum absolute atomic E-state index is 0. The summed E-state index contributed by atoms with van der Waals surface area (Å²) in [5.74, 6) is 2.46. The first-order chi connectivity index (χ1) is 8.35. The maximum Gasteiger partial charge on any atom is 0.119 e. The molecule has 102 valence electrons. The van der Waals surface area contributed by atoms with E-state index in [-0.39, 0.29) is 12.4 Å². The fourth-order valence-electron chi connectivity index (χ4n) is 3.03. The van der Waals surface area contributed by atoms with Crippen LogP contribution in [0, 0.1) is 5.92 Å². The normalized spacial score (nSPS) is 23.2. The third-order valence-corrected chi connectivity index (χ3v) is 3.90. The Labute approximate surface area is 117 Å². The molecule has 0 unspecified atom stereocenters. The maximum absolute atomic E-state index is 5.33. The van der Waals surface area contributed by atoms with Crippen LogP contribution < -0.4 is 10.1 Å². The number of hydrogen-bond donors (Lipinski definition) is 1. The molecule has 0 aromatic heterocycles. The van der Waals surface area contributed by atoms with E-state index in [2.05, 4.69) is 30.6 Å². The lowest BCUT2D eigenvalue weighted by Gasteiger charge is -2.32. The topological polar surface area (TPSA) is 21.3 Å². The van der Waals surface area contributed by atoms with E-state index >= 15 is 0 Å². The van der Waals surface area contributed by atoms with Crippen LogP contribution in [0.5, 0.6) is 5.75 Å². The molecule has 0 heterocycles. The van der Waals surface area contributed by atoms with Crippen molar-refractivity contribution in [1.29, 1.82) is 0 Å². The standard InChI is InChI=1S/C15H23NO.ClH/c1-16-11-13-6-3-4-9-15(13)12-7-5-8-14(10-12)17-2;/h5,7-8,10,13,15-16H,3-4,6,9,11H2,1-2H3;1H/t13-,15-;/m0./s1. The molecule has 1 fully saturated rings. The molecule has 0 radical (unpaired) electrons. The quantitative estimate of drug-likeness (QED) is 0.902. The smallest absolute Gasteiger partial charge is 0.119 e. The van der Waals surface area contributed by atoms with Crippen LogP contribution in [0.3, 0.4) is 0 Å². The fraction of sp³-hybridized carbons (Fsp3) is 0.600. The van der Waals surface area contributed by atoms with Crippen LogP contribution in [0.15, 0.2) is 24.3 Å². The summed E-state index contributed by atoms with van der Waals surface area (Å²) in [4.78, 5) is 0. The van der Waals surface area contributed by atoms with Crippen molar-refractivity contribution in [3.63, 3.8) is 0 Å². The van der Waals surface area contributed by atoms with E-state index in [1.165, 1.54) is 31.2 Å². The first-order valence-corrected chi connectivity index (χ1v) is 6.63. The summed E-state index contributed by atoms with van der Waals surface area (Å²) >= 11 is 0. The number of hydrogen-bond acceptors (Lipinski definition) is 2. The van der Waals surface area contributed by atoms with E-state index in [0.717, 1.165) is 18.2 Å². The summed E-state index contributed by atoms with van der Waals surface area (Å²) in [6.07, 6.45) is 5.41. The second kappa shape index (κ2) is 7.65. The van der Waals surface area contributed by atoms with Crippen molar-refractivity contribution in [2.75, 3.05) is 20.7 Å². The first kappa shape index (κ1) is 15.3. The van der Waals surface area contributed by atoms with Gasteiger partial charge in [-0.15, -0.1) is 12.4 Å². The molecule has 1 saturated carbocycles. The minimum Gasteiger partial charge on any atom is -0.497 e. The van der Waals surface area contributed by atoms with Crippen LogP contribution in [0.2, 0.25) is 0 Å². The van der Waals surface area contributed by atoms with Gasteiger partial charge in [-0.25, -0.2) is 0 Å². The van der Waals surface area contributed by atoms with Crippen LogP contribution in [0.25, 0.3) is 0 Å². The second-order valence-corrected chi connectivity index (χ2v) is 4.99. The molecule has 1 N–H and O–H groups in total. The van der Waals surface area contributed by atoms with E-state index in [9.17, 15) is 0 Å². The van der Waals surface area contributed by atoms with E-state index in [1.54, 1.807) is 7.11 Å². The van der Waals surface area contributed by atoms with Gasteiger partial charge in [0.2, 0.25) is 0 Å². The van der Waals surface area contributed by atoms with Crippen molar-refractivity contribution in [2.24, 2.45) is 5.92 Å². The Hall–Kier alpha value is -0.730. The highest BCUT2D eigenvalue weighted by atomic mass is 35.5.